The van der Waals surface area contributed by atoms with Gasteiger partial charge in [-0.25, -0.2) is 0 Å². The lowest BCUT2D eigenvalue weighted by molar-refractivity contribution is -0.158. The Morgan fingerprint density at radius 3 is 2.36 bits per heavy atom. The molecule has 0 aliphatic carbocycles. The van der Waals surface area contributed by atoms with Crippen LogP contribution in [0.25, 0.3) is 0 Å². The molecule has 0 radical (unpaired) electrons. The number of hydrogen-bond acceptors (Lipinski definition) is 5. The quantitative estimate of drug-likeness (QED) is 0.189. The van der Waals surface area contributed by atoms with Gasteiger partial charge in [0.25, 0.3) is 0 Å². The van der Waals surface area contributed by atoms with Gasteiger partial charge in [0.15, 0.2) is 0 Å². The van der Waals surface area contributed by atoms with E-state index in [1.807, 2.05) is 0 Å². The van der Waals surface area contributed by atoms with E-state index >= 15 is 0 Å². The first-order valence-corrected chi connectivity index (χ1v) is 9.86. The van der Waals surface area contributed by atoms with Gasteiger partial charge in [-0.15, -0.1) is 0 Å². The van der Waals surface area contributed by atoms with Crippen LogP contribution in [-0.4, -0.2) is 29.7 Å². The summed E-state index contributed by atoms with van der Waals surface area (Å²) < 4.78 is 4.49. The highest BCUT2D eigenvalue weighted by Gasteiger charge is 2.07. The zero-order valence-corrected chi connectivity index (χ0v) is 15.9. The molecule has 0 aliphatic rings. The maximum absolute atomic E-state index is 11.2. The molecule has 0 aliphatic heterocycles. The van der Waals surface area contributed by atoms with Gasteiger partial charge in [-0.3, -0.25) is 9.59 Å². The number of aliphatic hydroxyl groups excluding tert-OH is 1. The molecule has 3 N–H and O–H groups in total. The molecule has 0 rings (SSSR count). The van der Waals surface area contributed by atoms with Gasteiger partial charge in [0.05, 0.1) is 12.6 Å². The first kappa shape index (κ1) is 23.8. The molecule has 0 spiro atoms. The Kier molecular flexibility index (Phi) is 16.8. The number of rotatable bonds is 16. The Balaban J connectivity index is 3.37. The highest BCUT2D eigenvalue weighted by atomic mass is 16.6. The molecule has 0 aromatic carbocycles. The number of allylic oxidation sites excluding steroid dienone is 1. The standard InChI is InChI=1S/C20H37NO4/c1-2-3-4-11-14-18(22)15-12-9-7-5-6-8-10-13-16-19(23)25-20(24)17-21/h9,12,18,22H,2-8,10-11,13-17,21H2,1H3/b12-9-/t18-/m1/s1. The molecule has 0 fully saturated rings. The number of ether oxygens (including phenoxy) is 1. The minimum Gasteiger partial charge on any atom is -0.393 e. The van der Waals surface area contributed by atoms with Gasteiger partial charge in [0.2, 0.25) is 0 Å². The highest BCUT2D eigenvalue weighted by Crippen LogP contribution is 2.10. The summed E-state index contributed by atoms with van der Waals surface area (Å²) in [5.74, 6) is -1.14. The van der Waals surface area contributed by atoms with Gasteiger partial charge in [-0.1, -0.05) is 64.0 Å². The number of nitrogens with two attached hydrogens (primary N) is 1. The molecule has 5 nitrogen and oxygen atoms in total. The Morgan fingerprint density at radius 2 is 1.64 bits per heavy atom. The number of esters is 2. The second-order valence-electron chi connectivity index (χ2n) is 6.57. The summed E-state index contributed by atoms with van der Waals surface area (Å²) in [6.45, 7) is 1.94. The molecular formula is C20H37NO4. The summed E-state index contributed by atoms with van der Waals surface area (Å²) in [6, 6.07) is 0. The van der Waals surface area contributed by atoms with Crippen molar-refractivity contribution in [3.05, 3.63) is 12.2 Å². The van der Waals surface area contributed by atoms with Crippen molar-refractivity contribution in [3.8, 4) is 0 Å². The van der Waals surface area contributed by atoms with Crippen LogP contribution in [-0.2, 0) is 14.3 Å². The molecule has 0 aromatic heterocycles. The van der Waals surface area contributed by atoms with Crippen molar-refractivity contribution in [2.45, 2.75) is 96.5 Å². The third kappa shape index (κ3) is 17.4. The Labute approximate surface area is 153 Å². The minimum absolute atomic E-state index is 0.195. The molecule has 0 unspecified atom stereocenters. The Hall–Kier alpha value is -1.20. The van der Waals surface area contributed by atoms with E-state index < -0.39 is 11.9 Å². The summed E-state index contributed by atoms with van der Waals surface area (Å²) in [4.78, 5) is 22.1. The van der Waals surface area contributed by atoms with E-state index in [2.05, 4.69) is 23.8 Å². The first-order valence-electron chi connectivity index (χ1n) is 9.86. The Bertz CT molecular complexity index is 369. The molecule has 25 heavy (non-hydrogen) atoms. The van der Waals surface area contributed by atoms with E-state index in [4.69, 9.17) is 5.73 Å². The molecule has 0 amide bonds. The van der Waals surface area contributed by atoms with Crippen molar-refractivity contribution in [2.75, 3.05) is 6.54 Å². The van der Waals surface area contributed by atoms with Crippen LogP contribution in [0.5, 0.6) is 0 Å². The predicted molar refractivity (Wildman–Crippen MR) is 101 cm³/mol. The number of hydrogen-bond donors (Lipinski definition) is 2. The van der Waals surface area contributed by atoms with Crippen molar-refractivity contribution in [1.29, 1.82) is 0 Å². The van der Waals surface area contributed by atoms with Crippen molar-refractivity contribution >= 4 is 11.9 Å². The summed E-state index contributed by atoms with van der Waals surface area (Å²) in [5, 5.41) is 9.85. The van der Waals surface area contributed by atoms with E-state index in [-0.39, 0.29) is 19.1 Å². The Morgan fingerprint density at radius 1 is 0.960 bits per heavy atom. The molecule has 0 aromatic rings. The fourth-order valence-electron chi connectivity index (χ4n) is 2.58. The first-order chi connectivity index (χ1) is 12.1. The van der Waals surface area contributed by atoms with Gasteiger partial charge in [-0.05, 0) is 32.1 Å². The fourth-order valence-corrected chi connectivity index (χ4v) is 2.58. The zero-order chi connectivity index (χ0) is 18.8. The normalized spacial score (nSPS) is 12.4. The summed E-state index contributed by atoms with van der Waals surface area (Å²) >= 11 is 0. The number of unbranched alkanes of at least 4 members (excludes halogenated alkanes) is 8. The molecule has 0 bridgehead atoms. The lowest BCUT2D eigenvalue weighted by atomic mass is 10.1. The second kappa shape index (κ2) is 17.6. The summed E-state index contributed by atoms with van der Waals surface area (Å²) in [5.41, 5.74) is 5.07. The number of aliphatic hydroxyl groups is 1. The van der Waals surface area contributed by atoms with Gasteiger partial charge in [-0.2, -0.15) is 0 Å². The van der Waals surface area contributed by atoms with Crippen LogP contribution in [0, 0.1) is 0 Å². The van der Waals surface area contributed by atoms with Gasteiger partial charge in [0.1, 0.15) is 0 Å². The van der Waals surface area contributed by atoms with Crippen LogP contribution < -0.4 is 5.73 Å². The third-order valence-electron chi connectivity index (χ3n) is 4.11. The molecular weight excluding hydrogens is 318 g/mol. The number of carbonyl (C=O) groups is 2. The molecule has 146 valence electrons. The highest BCUT2D eigenvalue weighted by molar-refractivity contribution is 5.86. The van der Waals surface area contributed by atoms with Crippen LogP contribution in [0.3, 0.4) is 0 Å². The van der Waals surface area contributed by atoms with Crippen LogP contribution in [0.1, 0.15) is 90.4 Å². The van der Waals surface area contributed by atoms with E-state index in [1.165, 1.54) is 19.3 Å². The summed E-state index contributed by atoms with van der Waals surface area (Å²) in [7, 11) is 0. The van der Waals surface area contributed by atoms with Crippen molar-refractivity contribution in [1.82, 2.24) is 0 Å². The van der Waals surface area contributed by atoms with Crippen molar-refractivity contribution < 1.29 is 19.4 Å². The largest absolute Gasteiger partial charge is 0.393 e. The smallest absolute Gasteiger partial charge is 0.327 e. The molecule has 5 heteroatoms. The van der Waals surface area contributed by atoms with Crippen molar-refractivity contribution in [2.24, 2.45) is 5.73 Å². The average molecular weight is 356 g/mol. The minimum atomic E-state index is -0.664. The second-order valence-corrected chi connectivity index (χ2v) is 6.57. The zero-order valence-electron chi connectivity index (χ0n) is 15.9. The topological polar surface area (TPSA) is 89.6 Å². The van der Waals surface area contributed by atoms with Crippen LogP contribution in [0.4, 0.5) is 0 Å². The maximum atomic E-state index is 11.2. The SMILES string of the molecule is CCCCCC[C@@H](O)C/C=C\CCCCCCCC(=O)OC(=O)CN. The van der Waals surface area contributed by atoms with Gasteiger partial charge >= 0.3 is 11.9 Å². The monoisotopic (exact) mass is 355 g/mol. The lowest BCUT2D eigenvalue weighted by Gasteiger charge is -2.07. The van der Waals surface area contributed by atoms with Crippen molar-refractivity contribution in [3.63, 3.8) is 0 Å². The summed E-state index contributed by atoms with van der Waals surface area (Å²) in [6.07, 6.45) is 16.9. The number of carbonyl (C=O) groups excluding carboxylic acids is 2. The van der Waals surface area contributed by atoms with Crippen LogP contribution in [0.2, 0.25) is 0 Å². The molecule has 1 atom stereocenters. The van der Waals surface area contributed by atoms with Gasteiger partial charge in [0, 0.05) is 6.42 Å². The molecule has 0 saturated carbocycles. The van der Waals surface area contributed by atoms with Crippen LogP contribution >= 0.6 is 0 Å². The van der Waals surface area contributed by atoms with E-state index in [1.54, 1.807) is 0 Å². The molecule has 0 heterocycles. The van der Waals surface area contributed by atoms with E-state index in [9.17, 15) is 14.7 Å². The maximum Gasteiger partial charge on any atom is 0.327 e. The third-order valence-corrected chi connectivity index (χ3v) is 4.11. The van der Waals surface area contributed by atoms with E-state index in [0.717, 1.165) is 57.8 Å². The molecule has 0 saturated heterocycles. The van der Waals surface area contributed by atoms with Crippen LogP contribution in [0.15, 0.2) is 12.2 Å². The average Bonchev–Trinajstić information content (AvgIpc) is 2.60. The fraction of sp³-hybridized carbons (Fsp3) is 0.800. The lowest BCUT2D eigenvalue weighted by Crippen LogP contribution is -2.20. The van der Waals surface area contributed by atoms with Gasteiger partial charge < -0.3 is 15.6 Å². The van der Waals surface area contributed by atoms with E-state index in [0.29, 0.717) is 0 Å². The predicted octanol–water partition coefficient (Wildman–Crippen LogP) is 4.02.